The number of fused-ring (bicyclic) bond motifs is 1. The number of hydrogen-bond donors (Lipinski definition) is 1. The molecule has 4 heterocycles. The molecule has 4 rings (SSSR count). The second-order valence-electron chi connectivity index (χ2n) is 9.69. The lowest BCUT2D eigenvalue weighted by Gasteiger charge is -2.40. The molecular weight excluding hydrogens is 464 g/mol. The smallest absolute Gasteiger partial charge is 0.410 e. The predicted molar refractivity (Wildman–Crippen MR) is 134 cm³/mol. The number of aryl methyl sites for hydroxylation is 1. The Balaban J connectivity index is 1.42. The van der Waals surface area contributed by atoms with E-state index in [0.717, 1.165) is 5.39 Å². The van der Waals surface area contributed by atoms with Crippen LogP contribution in [0, 0.1) is 0 Å². The van der Waals surface area contributed by atoms with E-state index >= 15 is 0 Å². The van der Waals surface area contributed by atoms with Gasteiger partial charge in [0.15, 0.2) is 17.3 Å². The Hall–Kier alpha value is -3.96. The number of nitrogens with zero attached hydrogens (tertiary/aromatic N) is 7. The van der Waals surface area contributed by atoms with Crippen LogP contribution in [-0.2, 0) is 11.8 Å². The quantitative estimate of drug-likeness (QED) is 0.567. The second kappa shape index (κ2) is 9.96. The zero-order chi connectivity index (χ0) is 26.0. The molecule has 0 aliphatic carbocycles. The summed E-state index contributed by atoms with van der Waals surface area (Å²) in [7, 11) is 1.79. The molecule has 1 aliphatic rings. The molecule has 2 amide bonds. The fraction of sp³-hybridized carbons (Fsp3) is 0.500. The SMILES string of the molecule is CCOc1nc2nn(C)cc2cc1C(=O)Nc1ccc(N2CCN(C(=O)OC(C)(C)C)[C@@H](C)C2)nn1. The first-order chi connectivity index (χ1) is 17.0. The van der Waals surface area contributed by atoms with Crippen molar-refractivity contribution in [2.45, 2.75) is 46.3 Å². The number of nitrogens with one attached hydrogen (secondary N) is 1. The van der Waals surface area contributed by atoms with Gasteiger partial charge < -0.3 is 24.6 Å². The minimum absolute atomic E-state index is 0.0540. The molecule has 192 valence electrons. The first kappa shape index (κ1) is 25.1. The molecule has 0 bridgehead atoms. The van der Waals surface area contributed by atoms with Crippen molar-refractivity contribution in [3.05, 3.63) is 30.0 Å². The monoisotopic (exact) mass is 496 g/mol. The van der Waals surface area contributed by atoms with Crippen molar-refractivity contribution >= 4 is 34.7 Å². The molecular formula is C24H32N8O4. The molecule has 0 spiro atoms. The van der Waals surface area contributed by atoms with E-state index in [4.69, 9.17) is 9.47 Å². The first-order valence-electron chi connectivity index (χ1n) is 11.9. The lowest BCUT2D eigenvalue weighted by atomic mass is 10.2. The van der Waals surface area contributed by atoms with E-state index in [1.807, 2.05) is 34.6 Å². The summed E-state index contributed by atoms with van der Waals surface area (Å²) in [6.45, 7) is 11.4. The van der Waals surface area contributed by atoms with Crippen LogP contribution in [0.3, 0.4) is 0 Å². The van der Waals surface area contributed by atoms with Crippen molar-refractivity contribution in [3.8, 4) is 5.88 Å². The van der Waals surface area contributed by atoms with Crippen LogP contribution >= 0.6 is 0 Å². The molecule has 3 aromatic rings. The standard InChI is InChI=1S/C24H32N8O4/c1-7-35-22-17(12-16-14-30(6)29-20(16)26-22)21(33)25-18-8-9-19(28-27-18)31-10-11-32(15(2)13-31)23(34)36-24(3,4)5/h8-9,12,14-15H,7,10-11,13H2,1-6H3,(H,25,27,33)/t15-/m0/s1. The van der Waals surface area contributed by atoms with Crippen LogP contribution in [0.15, 0.2) is 24.4 Å². The van der Waals surface area contributed by atoms with Gasteiger partial charge in [0.1, 0.15) is 11.2 Å². The van der Waals surface area contributed by atoms with Gasteiger partial charge in [-0.3, -0.25) is 9.48 Å². The summed E-state index contributed by atoms with van der Waals surface area (Å²) in [4.78, 5) is 33.6. The Morgan fingerprint density at radius 2 is 1.97 bits per heavy atom. The number of amides is 2. The highest BCUT2D eigenvalue weighted by molar-refractivity contribution is 6.07. The summed E-state index contributed by atoms with van der Waals surface area (Å²) in [6, 6.07) is 5.14. The summed E-state index contributed by atoms with van der Waals surface area (Å²) in [5, 5.41) is 16.2. The van der Waals surface area contributed by atoms with Crippen molar-refractivity contribution in [2.75, 3.05) is 36.5 Å². The summed E-state index contributed by atoms with van der Waals surface area (Å²) < 4.78 is 12.7. The van der Waals surface area contributed by atoms with Crippen molar-refractivity contribution in [1.82, 2.24) is 29.9 Å². The van der Waals surface area contributed by atoms with Crippen LogP contribution in [0.25, 0.3) is 11.0 Å². The van der Waals surface area contributed by atoms with E-state index in [0.29, 0.717) is 43.5 Å². The van der Waals surface area contributed by atoms with E-state index in [1.54, 1.807) is 41.0 Å². The molecule has 0 radical (unpaired) electrons. The molecule has 0 aromatic carbocycles. The Morgan fingerprint density at radius 1 is 1.19 bits per heavy atom. The van der Waals surface area contributed by atoms with E-state index in [1.165, 1.54) is 0 Å². The number of hydrogen-bond acceptors (Lipinski definition) is 9. The average molecular weight is 497 g/mol. The fourth-order valence-corrected chi connectivity index (χ4v) is 3.97. The van der Waals surface area contributed by atoms with Crippen molar-refractivity contribution < 1.29 is 19.1 Å². The average Bonchev–Trinajstić information content (AvgIpc) is 3.16. The lowest BCUT2D eigenvalue weighted by Crippen LogP contribution is -2.55. The van der Waals surface area contributed by atoms with Gasteiger partial charge in [0.05, 0.1) is 6.61 Å². The Labute approximate surface area is 209 Å². The minimum Gasteiger partial charge on any atom is -0.477 e. The largest absolute Gasteiger partial charge is 0.477 e. The van der Waals surface area contributed by atoms with Crippen LogP contribution < -0.4 is 15.0 Å². The van der Waals surface area contributed by atoms with Gasteiger partial charge in [0.25, 0.3) is 5.91 Å². The molecule has 1 atom stereocenters. The summed E-state index contributed by atoms with van der Waals surface area (Å²) >= 11 is 0. The van der Waals surface area contributed by atoms with Gasteiger partial charge in [-0.2, -0.15) is 10.1 Å². The molecule has 1 aliphatic heterocycles. The number of ether oxygens (including phenoxy) is 2. The number of piperazine rings is 1. The van der Waals surface area contributed by atoms with Crippen LogP contribution in [0.4, 0.5) is 16.4 Å². The number of carbonyl (C=O) groups is 2. The maximum absolute atomic E-state index is 13.0. The van der Waals surface area contributed by atoms with Gasteiger partial charge in [-0.25, -0.2) is 4.79 Å². The number of anilines is 2. The predicted octanol–water partition coefficient (Wildman–Crippen LogP) is 2.85. The van der Waals surface area contributed by atoms with Crippen LogP contribution in [-0.4, -0.2) is 79.7 Å². The summed E-state index contributed by atoms with van der Waals surface area (Å²) in [6.07, 6.45) is 1.47. The number of rotatable bonds is 5. The van der Waals surface area contributed by atoms with Crippen LogP contribution in [0.5, 0.6) is 5.88 Å². The molecule has 12 heteroatoms. The first-order valence-corrected chi connectivity index (χ1v) is 11.9. The summed E-state index contributed by atoms with van der Waals surface area (Å²) in [5.74, 6) is 0.774. The second-order valence-corrected chi connectivity index (χ2v) is 9.69. The Morgan fingerprint density at radius 3 is 2.61 bits per heavy atom. The zero-order valence-electron chi connectivity index (χ0n) is 21.5. The van der Waals surface area contributed by atoms with Gasteiger partial charge in [0, 0.05) is 44.3 Å². The highest BCUT2D eigenvalue weighted by atomic mass is 16.6. The molecule has 1 saturated heterocycles. The van der Waals surface area contributed by atoms with Crippen molar-refractivity contribution in [3.63, 3.8) is 0 Å². The normalized spacial score (nSPS) is 16.2. The number of carbonyl (C=O) groups excluding carboxylic acids is 2. The van der Waals surface area contributed by atoms with Gasteiger partial charge in [0.2, 0.25) is 5.88 Å². The fourth-order valence-electron chi connectivity index (χ4n) is 3.97. The van der Waals surface area contributed by atoms with Crippen molar-refractivity contribution in [2.24, 2.45) is 7.05 Å². The molecule has 1 fully saturated rings. The van der Waals surface area contributed by atoms with Gasteiger partial charge in [-0.15, -0.1) is 10.2 Å². The van der Waals surface area contributed by atoms with Gasteiger partial charge in [-0.05, 0) is 52.8 Å². The van der Waals surface area contributed by atoms with E-state index in [-0.39, 0.29) is 23.6 Å². The van der Waals surface area contributed by atoms with Crippen molar-refractivity contribution in [1.29, 1.82) is 0 Å². The Kier molecular flexibility index (Phi) is 6.95. The Bertz CT molecular complexity index is 1250. The van der Waals surface area contributed by atoms with Gasteiger partial charge in [-0.1, -0.05) is 0 Å². The summed E-state index contributed by atoms with van der Waals surface area (Å²) in [5.41, 5.74) is 0.251. The third-order valence-corrected chi connectivity index (χ3v) is 5.57. The molecule has 0 unspecified atom stereocenters. The van der Waals surface area contributed by atoms with Gasteiger partial charge >= 0.3 is 6.09 Å². The zero-order valence-corrected chi connectivity index (χ0v) is 21.5. The highest BCUT2D eigenvalue weighted by Gasteiger charge is 2.31. The van der Waals surface area contributed by atoms with E-state index in [2.05, 4.69) is 30.5 Å². The molecule has 36 heavy (non-hydrogen) atoms. The number of pyridine rings is 1. The van der Waals surface area contributed by atoms with E-state index in [9.17, 15) is 9.59 Å². The molecule has 1 N–H and O–H groups in total. The minimum atomic E-state index is -0.539. The third-order valence-electron chi connectivity index (χ3n) is 5.57. The molecule has 0 saturated carbocycles. The maximum Gasteiger partial charge on any atom is 0.410 e. The maximum atomic E-state index is 13.0. The number of aromatic nitrogens is 5. The molecule has 3 aromatic heterocycles. The third kappa shape index (κ3) is 5.64. The molecule has 12 nitrogen and oxygen atoms in total. The highest BCUT2D eigenvalue weighted by Crippen LogP contribution is 2.24. The van der Waals surface area contributed by atoms with E-state index < -0.39 is 11.5 Å². The lowest BCUT2D eigenvalue weighted by molar-refractivity contribution is 0.0158. The van der Waals surface area contributed by atoms with Crippen LogP contribution in [0.2, 0.25) is 0 Å². The topological polar surface area (TPSA) is 128 Å². The van der Waals surface area contributed by atoms with Crippen LogP contribution in [0.1, 0.15) is 45.0 Å².